The van der Waals surface area contributed by atoms with Gasteiger partial charge in [-0.2, -0.15) is 5.10 Å². The number of carbonyl (C=O) groups excluding carboxylic acids is 1. The van der Waals surface area contributed by atoms with Crippen LogP contribution >= 0.6 is 0 Å². The van der Waals surface area contributed by atoms with E-state index >= 15 is 0 Å². The Morgan fingerprint density at radius 1 is 1.67 bits per heavy atom. The Kier molecular flexibility index (Phi) is 3.56. The molecular weight excluding hydrogens is 198 g/mol. The van der Waals surface area contributed by atoms with Crippen molar-refractivity contribution < 1.29 is 9.90 Å². The molecule has 0 aliphatic rings. The van der Waals surface area contributed by atoms with Crippen LogP contribution in [0.3, 0.4) is 0 Å². The third-order valence-corrected chi connectivity index (χ3v) is 1.75. The minimum atomic E-state index is -0.610. The summed E-state index contributed by atoms with van der Waals surface area (Å²) in [6.45, 7) is 1.72. The minimum absolute atomic E-state index is 0.151. The Bertz CT molecular complexity index is 411. The topological polar surface area (TPSA) is 84.2 Å². The quantitative estimate of drug-likeness (QED) is 0.664. The van der Waals surface area contributed by atoms with Crippen LogP contribution in [0.4, 0.5) is 0 Å². The largest absolute Gasteiger partial charge is 0.392 e. The number of aromatic nitrogens is 2. The third kappa shape index (κ3) is 3.17. The molecule has 0 saturated heterocycles. The molecule has 1 heterocycles. The van der Waals surface area contributed by atoms with E-state index in [1.54, 1.807) is 6.92 Å². The van der Waals surface area contributed by atoms with E-state index in [0.717, 1.165) is 4.68 Å². The second-order valence-electron chi connectivity index (χ2n) is 3.24. The van der Waals surface area contributed by atoms with E-state index in [-0.39, 0.29) is 17.8 Å². The highest BCUT2D eigenvalue weighted by Gasteiger charge is 2.08. The molecule has 0 saturated carbocycles. The van der Waals surface area contributed by atoms with Crippen molar-refractivity contribution in [1.82, 2.24) is 15.1 Å². The van der Waals surface area contributed by atoms with Gasteiger partial charge in [0.05, 0.1) is 6.10 Å². The van der Waals surface area contributed by atoms with Gasteiger partial charge in [0, 0.05) is 19.7 Å². The molecule has 0 bridgehead atoms. The summed E-state index contributed by atoms with van der Waals surface area (Å²) < 4.78 is 1.08. The molecule has 0 unspecified atom stereocenters. The molecule has 0 aromatic carbocycles. The van der Waals surface area contributed by atoms with Crippen LogP contribution in [0.15, 0.2) is 16.9 Å². The lowest BCUT2D eigenvalue weighted by molar-refractivity contribution is 0.0917. The van der Waals surface area contributed by atoms with Crippen molar-refractivity contribution in [2.24, 2.45) is 7.05 Å². The van der Waals surface area contributed by atoms with Crippen LogP contribution in [-0.2, 0) is 7.05 Å². The van der Waals surface area contributed by atoms with E-state index < -0.39 is 12.0 Å². The van der Waals surface area contributed by atoms with E-state index in [1.807, 2.05) is 0 Å². The number of nitrogens with one attached hydrogen (secondary N) is 1. The summed E-state index contributed by atoms with van der Waals surface area (Å²) >= 11 is 0. The van der Waals surface area contributed by atoms with Crippen LogP contribution in [0.2, 0.25) is 0 Å². The molecule has 1 rings (SSSR count). The van der Waals surface area contributed by atoms with Gasteiger partial charge in [-0.15, -0.1) is 0 Å². The van der Waals surface area contributed by atoms with Crippen LogP contribution in [0.5, 0.6) is 0 Å². The average Bonchev–Trinajstić information content (AvgIpc) is 2.18. The Labute approximate surface area is 86.5 Å². The first-order chi connectivity index (χ1) is 7.00. The number of aryl methyl sites for hydroxylation is 1. The first-order valence-corrected chi connectivity index (χ1v) is 4.51. The Hall–Kier alpha value is -1.69. The Balaban J connectivity index is 2.74. The molecule has 0 aliphatic heterocycles. The average molecular weight is 211 g/mol. The van der Waals surface area contributed by atoms with Crippen molar-refractivity contribution in [3.05, 3.63) is 28.2 Å². The highest BCUT2D eigenvalue weighted by molar-refractivity contribution is 5.91. The van der Waals surface area contributed by atoms with Crippen molar-refractivity contribution in [3.63, 3.8) is 0 Å². The van der Waals surface area contributed by atoms with Crippen molar-refractivity contribution in [2.75, 3.05) is 6.54 Å². The fraction of sp³-hybridized carbons (Fsp3) is 0.444. The summed E-state index contributed by atoms with van der Waals surface area (Å²) in [5, 5.41) is 15.2. The molecule has 1 aromatic rings. The van der Waals surface area contributed by atoms with Crippen LogP contribution in [0, 0.1) is 0 Å². The van der Waals surface area contributed by atoms with Crippen LogP contribution < -0.4 is 10.9 Å². The van der Waals surface area contributed by atoms with Crippen molar-refractivity contribution in [3.8, 4) is 0 Å². The number of rotatable bonds is 3. The van der Waals surface area contributed by atoms with Gasteiger partial charge in [0.2, 0.25) is 0 Å². The van der Waals surface area contributed by atoms with E-state index in [9.17, 15) is 9.59 Å². The molecule has 6 heteroatoms. The number of aliphatic hydroxyl groups is 1. The molecule has 0 radical (unpaired) electrons. The van der Waals surface area contributed by atoms with Crippen LogP contribution in [-0.4, -0.2) is 33.4 Å². The molecule has 15 heavy (non-hydrogen) atoms. The molecule has 0 spiro atoms. The SMILES string of the molecule is C[C@H](O)CNC(=O)c1ccc(=O)n(C)n1. The van der Waals surface area contributed by atoms with E-state index in [2.05, 4.69) is 10.4 Å². The number of hydrogen-bond donors (Lipinski definition) is 2. The van der Waals surface area contributed by atoms with E-state index in [1.165, 1.54) is 19.2 Å². The molecule has 1 atom stereocenters. The summed E-state index contributed by atoms with van der Waals surface area (Å²) in [5.41, 5.74) is -0.125. The number of nitrogens with zero attached hydrogens (tertiary/aromatic N) is 2. The first-order valence-electron chi connectivity index (χ1n) is 4.51. The van der Waals surface area contributed by atoms with Crippen LogP contribution in [0.25, 0.3) is 0 Å². The van der Waals surface area contributed by atoms with E-state index in [4.69, 9.17) is 5.11 Å². The van der Waals surface area contributed by atoms with Gasteiger partial charge in [-0.05, 0) is 13.0 Å². The monoisotopic (exact) mass is 211 g/mol. The Morgan fingerprint density at radius 2 is 2.33 bits per heavy atom. The van der Waals surface area contributed by atoms with Crippen LogP contribution in [0.1, 0.15) is 17.4 Å². The zero-order valence-electron chi connectivity index (χ0n) is 8.60. The standard InChI is InChI=1S/C9H13N3O3/c1-6(13)5-10-9(15)7-3-4-8(14)12(2)11-7/h3-4,6,13H,5H2,1-2H3,(H,10,15)/t6-/m0/s1. The molecule has 2 N–H and O–H groups in total. The molecular formula is C9H13N3O3. The number of amides is 1. The predicted octanol–water partition coefficient (Wildman–Crippen LogP) is -1.11. The predicted molar refractivity (Wildman–Crippen MR) is 53.5 cm³/mol. The summed E-state index contributed by atoms with van der Waals surface area (Å²) in [7, 11) is 1.47. The number of hydrogen-bond acceptors (Lipinski definition) is 4. The lowest BCUT2D eigenvalue weighted by Gasteiger charge is -2.06. The van der Waals surface area contributed by atoms with Crippen molar-refractivity contribution >= 4 is 5.91 Å². The van der Waals surface area contributed by atoms with E-state index in [0.29, 0.717) is 0 Å². The van der Waals surface area contributed by atoms with Gasteiger partial charge in [-0.25, -0.2) is 4.68 Å². The van der Waals surface area contributed by atoms with Gasteiger partial charge in [0.15, 0.2) is 0 Å². The summed E-state index contributed by atoms with van der Waals surface area (Å²) in [6.07, 6.45) is -0.610. The zero-order valence-corrected chi connectivity index (χ0v) is 8.60. The molecule has 0 fully saturated rings. The highest BCUT2D eigenvalue weighted by atomic mass is 16.3. The van der Waals surface area contributed by atoms with Gasteiger partial charge in [0.1, 0.15) is 5.69 Å². The fourth-order valence-electron chi connectivity index (χ4n) is 0.954. The van der Waals surface area contributed by atoms with Crippen molar-refractivity contribution in [1.29, 1.82) is 0 Å². The Morgan fingerprint density at radius 3 is 2.87 bits per heavy atom. The zero-order chi connectivity index (χ0) is 11.4. The molecule has 82 valence electrons. The minimum Gasteiger partial charge on any atom is -0.392 e. The number of carbonyl (C=O) groups is 1. The smallest absolute Gasteiger partial charge is 0.271 e. The molecule has 6 nitrogen and oxygen atoms in total. The van der Waals surface area contributed by atoms with Gasteiger partial charge in [-0.3, -0.25) is 9.59 Å². The summed E-state index contributed by atoms with van der Waals surface area (Å²) in [6, 6.07) is 2.62. The molecule has 1 amide bonds. The van der Waals surface area contributed by atoms with Gasteiger partial charge >= 0.3 is 0 Å². The second kappa shape index (κ2) is 4.70. The van der Waals surface area contributed by atoms with Crippen molar-refractivity contribution in [2.45, 2.75) is 13.0 Å². The fourth-order valence-corrected chi connectivity index (χ4v) is 0.954. The maximum atomic E-state index is 11.4. The molecule has 0 aliphatic carbocycles. The number of aliphatic hydroxyl groups excluding tert-OH is 1. The summed E-state index contributed by atoms with van der Waals surface area (Å²) in [4.78, 5) is 22.4. The third-order valence-electron chi connectivity index (χ3n) is 1.75. The van der Waals surface area contributed by atoms with Gasteiger partial charge in [-0.1, -0.05) is 0 Å². The lowest BCUT2D eigenvalue weighted by atomic mass is 10.3. The second-order valence-corrected chi connectivity index (χ2v) is 3.24. The normalized spacial score (nSPS) is 12.2. The maximum Gasteiger partial charge on any atom is 0.271 e. The van der Waals surface area contributed by atoms with Gasteiger partial charge in [0.25, 0.3) is 11.5 Å². The lowest BCUT2D eigenvalue weighted by Crippen LogP contribution is -2.32. The first kappa shape index (κ1) is 11.4. The molecule has 1 aromatic heterocycles. The maximum absolute atomic E-state index is 11.4. The highest BCUT2D eigenvalue weighted by Crippen LogP contribution is 1.89. The summed E-state index contributed by atoms with van der Waals surface area (Å²) in [5.74, 6) is -0.411. The van der Waals surface area contributed by atoms with Gasteiger partial charge < -0.3 is 10.4 Å².